The molecule has 3 N–H and O–H groups in total. The van der Waals surface area contributed by atoms with Gasteiger partial charge in [-0.1, -0.05) is 0 Å². The molecule has 0 aliphatic carbocycles. The Hall–Kier alpha value is -1.75. The summed E-state index contributed by atoms with van der Waals surface area (Å²) in [5, 5.41) is 0. The maximum atomic E-state index is 11.1. The summed E-state index contributed by atoms with van der Waals surface area (Å²) in [5.41, 5.74) is 8.19. The average molecular weight is 263 g/mol. The number of fused-ring (bicyclic) bond motifs is 1. The lowest BCUT2D eigenvalue weighted by atomic mass is 10.00. The Balaban J connectivity index is 2.04. The Bertz CT molecular complexity index is 607. The normalized spacial score (nSPS) is 12.0. The number of anilines is 1. The molecule has 1 aromatic carbocycles. The zero-order chi connectivity index (χ0) is 14.0. The highest BCUT2D eigenvalue weighted by molar-refractivity contribution is 5.76. The largest absolute Gasteiger partial charge is 0.417 e. The number of aromatic amines is 1. The predicted molar refractivity (Wildman–Crippen MR) is 77.6 cm³/mol. The second-order valence-corrected chi connectivity index (χ2v) is 5.71. The van der Waals surface area contributed by atoms with Gasteiger partial charge in [0.25, 0.3) is 0 Å². The van der Waals surface area contributed by atoms with Crippen LogP contribution in [0.25, 0.3) is 11.1 Å². The van der Waals surface area contributed by atoms with Crippen LogP contribution in [0.5, 0.6) is 0 Å². The minimum atomic E-state index is -0.417. The Labute approximate surface area is 112 Å². The van der Waals surface area contributed by atoms with E-state index in [1.54, 1.807) is 0 Å². The topological polar surface area (TPSA) is 75.3 Å². The molecule has 2 aromatic rings. The van der Waals surface area contributed by atoms with Gasteiger partial charge in [-0.15, -0.1) is 0 Å². The third kappa shape index (κ3) is 3.61. The summed E-state index contributed by atoms with van der Waals surface area (Å²) in [6, 6.07) is 5.71. The van der Waals surface area contributed by atoms with Gasteiger partial charge in [0.2, 0.25) is 0 Å². The number of nitrogens with two attached hydrogens (primary N) is 1. The minimum absolute atomic E-state index is 0.127. The monoisotopic (exact) mass is 263 g/mol. The van der Waals surface area contributed by atoms with Gasteiger partial charge in [0, 0.05) is 30.9 Å². The van der Waals surface area contributed by atoms with Crippen LogP contribution in [0.2, 0.25) is 0 Å². The lowest BCUT2D eigenvalue weighted by Crippen LogP contribution is -2.33. The maximum Gasteiger partial charge on any atom is 0.417 e. The third-order valence-electron chi connectivity index (χ3n) is 3.16. The molecule has 1 aromatic heterocycles. The summed E-state index contributed by atoms with van der Waals surface area (Å²) in [7, 11) is 2.02. The maximum absolute atomic E-state index is 11.1. The third-order valence-corrected chi connectivity index (χ3v) is 3.16. The van der Waals surface area contributed by atoms with Gasteiger partial charge in [0.15, 0.2) is 5.58 Å². The number of nitrogens with zero attached hydrogens (tertiary/aromatic N) is 1. The zero-order valence-electron chi connectivity index (χ0n) is 11.7. The highest BCUT2D eigenvalue weighted by Crippen LogP contribution is 2.20. The van der Waals surface area contributed by atoms with Gasteiger partial charge in [0.05, 0.1) is 5.52 Å². The molecule has 2 rings (SSSR count). The number of aromatic nitrogens is 1. The van der Waals surface area contributed by atoms with Gasteiger partial charge in [-0.2, -0.15) is 0 Å². The molecule has 0 bridgehead atoms. The van der Waals surface area contributed by atoms with Crippen molar-refractivity contribution in [1.82, 2.24) is 4.98 Å². The summed E-state index contributed by atoms with van der Waals surface area (Å²) >= 11 is 0. The van der Waals surface area contributed by atoms with E-state index < -0.39 is 5.76 Å². The molecular formula is C14H21N3O2. The Morgan fingerprint density at radius 3 is 2.84 bits per heavy atom. The Kier molecular flexibility index (Phi) is 3.66. The average Bonchev–Trinajstić information content (AvgIpc) is 2.65. The summed E-state index contributed by atoms with van der Waals surface area (Å²) in [5.74, 6) is -0.417. The van der Waals surface area contributed by atoms with E-state index in [9.17, 15) is 4.79 Å². The van der Waals surface area contributed by atoms with Crippen LogP contribution in [0.3, 0.4) is 0 Å². The molecule has 104 valence electrons. The fourth-order valence-corrected chi connectivity index (χ4v) is 2.07. The van der Waals surface area contributed by atoms with Crippen molar-refractivity contribution in [2.75, 3.05) is 18.5 Å². The highest BCUT2D eigenvalue weighted by atomic mass is 16.4. The molecule has 0 aliphatic rings. The summed E-state index contributed by atoms with van der Waals surface area (Å²) in [6.07, 6.45) is 1.99. The molecule has 19 heavy (non-hydrogen) atoms. The van der Waals surface area contributed by atoms with Crippen LogP contribution in [0.1, 0.15) is 26.7 Å². The Morgan fingerprint density at radius 1 is 1.42 bits per heavy atom. The number of H-pyrrole nitrogens is 1. The molecule has 0 saturated carbocycles. The molecule has 0 fully saturated rings. The smallest absolute Gasteiger partial charge is 0.408 e. The number of hydrogen-bond acceptors (Lipinski definition) is 4. The van der Waals surface area contributed by atoms with Gasteiger partial charge < -0.3 is 15.1 Å². The summed E-state index contributed by atoms with van der Waals surface area (Å²) in [6.45, 7) is 4.99. The fourth-order valence-electron chi connectivity index (χ4n) is 2.07. The first kappa shape index (κ1) is 13.7. The number of nitrogens with one attached hydrogen (secondary N) is 1. The van der Waals surface area contributed by atoms with E-state index in [-0.39, 0.29) is 5.54 Å². The van der Waals surface area contributed by atoms with Gasteiger partial charge in [-0.3, -0.25) is 4.98 Å². The van der Waals surface area contributed by atoms with Crippen molar-refractivity contribution in [2.45, 2.75) is 32.2 Å². The summed E-state index contributed by atoms with van der Waals surface area (Å²) < 4.78 is 5.06. The van der Waals surface area contributed by atoms with Crippen LogP contribution in [0.4, 0.5) is 5.69 Å². The Morgan fingerprint density at radius 2 is 2.16 bits per heavy atom. The van der Waals surface area contributed by atoms with Crippen molar-refractivity contribution in [1.29, 1.82) is 0 Å². The van der Waals surface area contributed by atoms with E-state index in [0.29, 0.717) is 5.58 Å². The zero-order valence-corrected chi connectivity index (χ0v) is 11.7. The lowest BCUT2D eigenvalue weighted by Gasteiger charge is -2.23. The summed E-state index contributed by atoms with van der Waals surface area (Å²) in [4.78, 5) is 15.9. The van der Waals surface area contributed by atoms with E-state index in [4.69, 9.17) is 10.2 Å². The van der Waals surface area contributed by atoms with Crippen molar-refractivity contribution in [3.05, 3.63) is 28.7 Å². The molecule has 0 spiro atoms. The van der Waals surface area contributed by atoms with E-state index >= 15 is 0 Å². The molecule has 5 heteroatoms. The van der Waals surface area contributed by atoms with Crippen LogP contribution >= 0.6 is 0 Å². The van der Waals surface area contributed by atoms with Crippen LogP contribution in [-0.2, 0) is 0 Å². The molecule has 0 aliphatic heterocycles. The van der Waals surface area contributed by atoms with Crippen molar-refractivity contribution in [3.8, 4) is 0 Å². The lowest BCUT2D eigenvalue weighted by molar-refractivity contribution is 0.460. The van der Waals surface area contributed by atoms with Crippen molar-refractivity contribution in [2.24, 2.45) is 5.73 Å². The quantitative estimate of drug-likeness (QED) is 0.866. The van der Waals surface area contributed by atoms with Crippen LogP contribution in [0, 0.1) is 0 Å². The first-order chi connectivity index (χ1) is 8.85. The molecule has 5 nitrogen and oxygen atoms in total. The number of oxazole rings is 1. The standard InChI is InChI=1S/C14H21N3O2/c1-14(2,15)7-4-8-17(3)10-5-6-11-12(9-10)19-13(18)16-11/h5-6,9H,4,7-8,15H2,1-3H3,(H,16,18). The molecule has 1 heterocycles. The highest BCUT2D eigenvalue weighted by Gasteiger charge is 2.11. The second-order valence-electron chi connectivity index (χ2n) is 5.71. The molecule has 0 atom stereocenters. The molecule has 0 unspecified atom stereocenters. The SMILES string of the molecule is CN(CCCC(C)(C)N)c1ccc2[nH]c(=O)oc2c1. The molecular weight excluding hydrogens is 242 g/mol. The van der Waals surface area contributed by atoms with Crippen molar-refractivity contribution in [3.63, 3.8) is 0 Å². The first-order valence-electron chi connectivity index (χ1n) is 6.48. The van der Waals surface area contributed by atoms with E-state index in [1.807, 2.05) is 39.1 Å². The van der Waals surface area contributed by atoms with Crippen LogP contribution in [-0.4, -0.2) is 24.1 Å². The fraction of sp³-hybridized carbons (Fsp3) is 0.500. The van der Waals surface area contributed by atoms with Crippen LogP contribution in [0.15, 0.2) is 27.4 Å². The van der Waals surface area contributed by atoms with Crippen molar-refractivity contribution < 1.29 is 4.42 Å². The minimum Gasteiger partial charge on any atom is -0.408 e. The molecule has 0 saturated heterocycles. The second kappa shape index (κ2) is 5.09. The molecule has 0 amide bonds. The predicted octanol–water partition coefficient (Wildman–Crippen LogP) is 2.07. The number of benzene rings is 1. The molecule has 0 radical (unpaired) electrons. The van der Waals surface area contributed by atoms with Gasteiger partial charge in [-0.05, 0) is 38.8 Å². The van der Waals surface area contributed by atoms with Gasteiger partial charge in [-0.25, -0.2) is 4.79 Å². The number of hydrogen-bond donors (Lipinski definition) is 2. The van der Waals surface area contributed by atoms with Crippen LogP contribution < -0.4 is 16.4 Å². The first-order valence-corrected chi connectivity index (χ1v) is 6.48. The van der Waals surface area contributed by atoms with Crippen molar-refractivity contribution >= 4 is 16.8 Å². The van der Waals surface area contributed by atoms with Gasteiger partial charge in [0.1, 0.15) is 0 Å². The van der Waals surface area contributed by atoms with E-state index in [1.165, 1.54) is 0 Å². The van der Waals surface area contributed by atoms with Gasteiger partial charge >= 0.3 is 5.76 Å². The number of rotatable bonds is 5. The van der Waals surface area contributed by atoms with E-state index in [2.05, 4.69) is 9.88 Å². The van der Waals surface area contributed by atoms with E-state index in [0.717, 1.165) is 30.6 Å².